The van der Waals surface area contributed by atoms with Gasteiger partial charge in [-0.1, -0.05) is 0 Å². The van der Waals surface area contributed by atoms with Crippen LogP contribution in [0.4, 0.5) is 0 Å². The van der Waals surface area contributed by atoms with Gasteiger partial charge in [0.15, 0.2) is 0 Å². The molecule has 6 heteroatoms. The lowest BCUT2D eigenvalue weighted by molar-refractivity contribution is -0.132. The molecule has 25 heavy (non-hydrogen) atoms. The van der Waals surface area contributed by atoms with Crippen molar-refractivity contribution in [3.05, 3.63) is 26.9 Å². The van der Waals surface area contributed by atoms with Gasteiger partial charge in [-0.3, -0.25) is 4.79 Å². The first kappa shape index (κ1) is 17.2. The molecule has 0 N–H and O–H groups in total. The smallest absolute Gasteiger partial charge is 0.222 e. The fourth-order valence-corrected chi connectivity index (χ4v) is 5.50. The molecule has 0 aromatic carbocycles. The second-order valence-corrected chi connectivity index (χ2v) is 9.26. The van der Waals surface area contributed by atoms with Crippen molar-refractivity contribution < 1.29 is 9.53 Å². The molecule has 4 rings (SSSR count). The fourth-order valence-electron chi connectivity index (χ4n) is 3.69. The van der Waals surface area contributed by atoms with Gasteiger partial charge in [-0.15, -0.1) is 22.7 Å². The van der Waals surface area contributed by atoms with E-state index < -0.39 is 0 Å². The lowest BCUT2D eigenvalue weighted by Crippen LogP contribution is -2.35. The van der Waals surface area contributed by atoms with Crippen LogP contribution in [0.25, 0.3) is 10.6 Å². The number of aromatic nitrogens is 1. The van der Waals surface area contributed by atoms with Gasteiger partial charge in [0, 0.05) is 29.8 Å². The lowest BCUT2D eigenvalue weighted by atomic mass is 10.1. The summed E-state index contributed by atoms with van der Waals surface area (Å²) in [6.45, 7) is 5.74. The van der Waals surface area contributed by atoms with Crippen molar-refractivity contribution >= 4 is 28.6 Å². The Morgan fingerprint density at radius 3 is 3.04 bits per heavy atom. The van der Waals surface area contributed by atoms with Crippen LogP contribution in [-0.2, 0) is 22.5 Å². The number of hydrogen-bond acceptors (Lipinski definition) is 5. The topological polar surface area (TPSA) is 42.4 Å². The predicted octanol–water partition coefficient (Wildman–Crippen LogP) is 4.41. The number of thiophene rings is 1. The highest BCUT2D eigenvalue weighted by Gasteiger charge is 2.26. The zero-order valence-electron chi connectivity index (χ0n) is 14.8. The molecule has 1 amide bonds. The van der Waals surface area contributed by atoms with E-state index in [0.29, 0.717) is 12.5 Å². The van der Waals surface area contributed by atoms with Gasteiger partial charge >= 0.3 is 0 Å². The summed E-state index contributed by atoms with van der Waals surface area (Å²) in [4.78, 5) is 21.8. The van der Waals surface area contributed by atoms with Crippen LogP contribution < -0.4 is 0 Å². The molecule has 0 spiro atoms. The molecule has 0 aliphatic carbocycles. The van der Waals surface area contributed by atoms with Gasteiger partial charge < -0.3 is 9.64 Å². The maximum atomic E-state index is 12.6. The number of hydrogen-bond donors (Lipinski definition) is 0. The number of rotatable bonds is 4. The summed E-state index contributed by atoms with van der Waals surface area (Å²) in [7, 11) is 0. The van der Waals surface area contributed by atoms with E-state index in [1.807, 2.05) is 23.2 Å². The van der Waals surface area contributed by atoms with Crippen LogP contribution in [0.15, 0.2) is 11.4 Å². The third-order valence-electron chi connectivity index (χ3n) is 5.09. The summed E-state index contributed by atoms with van der Waals surface area (Å²) in [5.41, 5.74) is 2.38. The minimum atomic E-state index is 0.269. The molecule has 4 heterocycles. The molecule has 134 valence electrons. The Balaban J connectivity index is 1.37. The van der Waals surface area contributed by atoms with Gasteiger partial charge in [-0.25, -0.2) is 4.98 Å². The van der Waals surface area contributed by atoms with E-state index in [0.717, 1.165) is 49.5 Å². The average molecular weight is 377 g/mol. The highest BCUT2D eigenvalue weighted by atomic mass is 32.1. The third kappa shape index (κ3) is 3.81. The van der Waals surface area contributed by atoms with Crippen LogP contribution >= 0.6 is 22.7 Å². The van der Waals surface area contributed by atoms with Crippen molar-refractivity contribution in [2.75, 3.05) is 6.54 Å². The molecular formula is C19H24N2O2S2. The third-order valence-corrected chi connectivity index (χ3v) is 7.12. The number of carbonyl (C=O) groups is 1. The molecule has 2 atom stereocenters. The van der Waals surface area contributed by atoms with Crippen molar-refractivity contribution in [3.63, 3.8) is 0 Å². The average Bonchev–Trinajstić information content (AvgIpc) is 3.31. The van der Waals surface area contributed by atoms with E-state index in [1.54, 1.807) is 11.3 Å². The van der Waals surface area contributed by atoms with Crippen LogP contribution in [0.3, 0.4) is 0 Å². The molecule has 2 aromatic heterocycles. The van der Waals surface area contributed by atoms with Crippen LogP contribution in [0.5, 0.6) is 0 Å². The molecule has 2 aliphatic heterocycles. The van der Waals surface area contributed by atoms with Gasteiger partial charge in [0.25, 0.3) is 0 Å². The monoisotopic (exact) mass is 376 g/mol. The fraction of sp³-hybridized carbons (Fsp3) is 0.579. The van der Waals surface area contributed by atoms with Crippen molar-refractivity contribution in [1.82, 2.24) is 9.88 Å². The molecule has 1 saturated heterocycles. The molecule has 2 aliphatic rings. The van der Waals surface area contributed by atoms with Crippen molar-refractivity contribution in [1.29, 1.82) is 0 Å². The number of nitrogens with zero attached hydrogens (tertiary/aromatic N) is 2. The normalized spacial score (nSPS) is 23.0. The molecule has 2 aromatic rings. The first-order valence-corrected chi connectivity index (χ1v) is 10.8. The Hall–Kier alpha value is -1.24. The first-order valence-electron chi connectivity index (χ1n) is 9.06. The quantitative estimate of drug-likeness (QED) is 0.794. The molecule has 0 saturated carbocycles. The van der Waals surface area contributed by atoms with Crippen LogP contribution in [0.2, 0.25) is 0 Å². The maximum absolute atomic E-state index is 12.6. The minimum Gasteiger partial charge on any atom is -0.375 e. The van der Waals surface area contributed by atoms with Gasteiger partial charge in [-0.2, -0.15) is 0 Å². The molecule has 4 nitrogen and oxygen atoms in total. The standard InChI is InChI=1S/C19H24N2O2S2/c1-12-3-4-15(23-12)5-6-19(22)21-8-7-17-14(10-21)9-18(25-17)16-11-24-13(2)20-16/h9,11-12,15H,3-8,10H2,1-2H3/t12-,15-/m1/s1. The van der Waals surface area contributed by atoms with Gasteiger partial charge in [-0.05, 0) is 51.2 Å². The number of aryl methyl sites for hydroxylation is 1. The SMILES string of the molecule is Cc1nc(-c2cc3c(s2)CCN(C(=O)CC[C@H]2CC[C@@H](C)O2)C3)cs1. The minimum absolute atomic E-state index is 0.269. The van der Waals surface area contributed by atoms with Crippen molar-refractivity contribution in [2.45, 2.75) is 64.7 Å². The van der Waals surface area contributed by atoms with E-state index in [4.69, 9.17) is 4.74 Å². The second-order valence-electron chi connectivity index (χ2n) is 7.06. The molecule has 0 bridgehead atoms. The van der Waals surface area contributed by atoms with Gasteiger partial charge in [0.05, 0.1) is 27.8 Å². The number of thiazole rings is 1. The predicted molar refractivity (Wildman–Crippen MR) is 102 cm³/mol. The van der Waals surface area contributed by atoms with Crippen molar-refractivity contribution in [2.24, 2.45) is 0 Å². The zero-order valence-corrected chi connectivity index (χ0v) is 16.4. The van der Waals surface area contributed by atoms with E-state index >= 15 is 0 Å². The Labute approximate surface area is 156 Å². The maximum Gasteiger partial charge on any atom is 0.222 e. The highest BCUT2D eigenvalue weighted by molar-refractivity contribution is 7.16. The van der Waals surface area contributed by atoms with Crippen LogP contribution in [0.1, 0.15) is 48.1 Å². The summed E-state index contributed by atoms with van der Waals surface area (Å²) in [6.07, 6.45) is 5.29. The number of carbonyl (C=O) groups excluding carboxylic acids is 1. The highest BCUT2D eigenvalue weighted by Crippen LogP contribution is 2.35. The largest absolute Gasteiger partial charge is 0.375 e. The van der Waals surface area contributed by atoms with Crippen molar-refractivity contribution in [3.8, 4) is 10.6 Å². The molecule has 0 radical (unpaired) electrons. The molecule has 0 unspecified atom stereocenters. The number of ether oxygens (including phenoxy) is 1. The number of fused-ring (bicyclic) bond motifs is 1. The number of amides is 1. The van der Waals surface area contributed by atoms with Crippen LogP contribution in [-0.4, -0.2) is 34.5 Å². The summed E-state index contributed by atoms with van der Waals surface area (Å²) in [5, 5.41) is 3.22. The summed E-state index contributed by atoms with van der Waals surface area (Å²) in [5.74, 6) is 0.269. The zero-order chi connectivity index (χ0) is 17.4. The summed E-state index contributed by atoms with van der Waals surface area (Å²) >= 11 is 3.52. The summed E-state index contributed by atoms with van der Waals surface area (Å²) < 4.78 is 5.83. The van der Waals surface area contributed by atoms with Crippen LogP contribution in [0, 0.1) is 6.92 Å². The first-order chi connectivity index (χ1) is 12.1. The Morgan fingerprint density at radius 1 is 1.44 bits per heavy atom. The Kier molecular flexibility index (Phi) is 4.93. The Morgan fingerprint density at radius 2 is 2.32 bits per heavy atom. The van der Waals surface area contributed by atoms with Gasteiger partial charge in [0.2, 0.25) is 5.91 Å². The summed E-state index contributed by atoms with van der Waals surface area (Å²) in [6, 6.07) is 2.23. The lowest BCUT2D eigenvalue weighted by Gasteiger charge is -2.27. The molecule has 1 fully saturated rings. The Bertz CT molecular complexity index is 767. The molecular weight excluding hydrogens is 352 g/mol. The van der Waals surface area contributed by atoms with E-state index in [1.165, 1.54) is 15.3 Å². The van der Waals surface area contributed by atoms with E-state index in [2.05, 4.69) is 23.4 Å². The van der Waals surface area contributed by atoms with E-state index in [-0.39, 0.29) is 12.0 Å². The van der Waals surface area contributed by atoms with E-state index in [9.17, 15) is 4.79 Å². The van der Waals surface area contributed by atoms with Gasteiger partial charge in [0.1, 0.15) is 0 Å². The second kappa shape index (κ2) is 7.17.